The van der Waals surface area contributed by atoms with Crippen LogP contribution in [0.4, 0.5) is 0 Å². The minimum Gasteiger partial charge on any atom is -0.325 e. The zero-order valence-electron chi connectivity index (χ0n) is 15.7. The van der Waals surface area contributed by atoms with Gasteiger partial charge in [0.15, 0.2) is 0 Å². The first-order valence-corrected chi connectivity index (χ1v) is 9.66. The van der Waals surface area contributed by atoms with E-state index in [1.807, 2.05) is 97.1 Å². The molecule has 0 atom stereocenters. The molecule has 0 aromatic heterocycles. The van der Waals surface area contributed by atoms with Crippen LogP contribution in [0.2, 0.25) is 0 Å². The first-order valence-electron chi connectivity index (χ1n) is 9.66. The predicted octanol–water partition coefficient (Wildman–Crippen LogP) is 5.37. The summed E-state index contributed by atoms with van der Waals surface area (Å²) in [7, 11) is 0. The zero-order valence-corrected chi connectivity index (χ0v) is 15.7. The first kappa shape index (κ1) is 18.0. The molecule has 0 unspecified atom stereocenters. The van der Waals surface area contributed by atoms with Crippen LogP contribution in [-0.4, -0.2) is 5.91 Å². The monoisotopic (exact) mass is 365 g/mol. The van der Waals surface area contributed by atoms with Crippen molar-refractivity contribution in [2.24, 2.45) is 0 Å². The van der Waals surface area contributed by atoms with Crippen LogP contribution < -0.4 is 5.32 Å². The molecule has 0 radical (unpaired) electrons. The summed E-state index contributed by atoms with van der Waals surface area (Å²) in [5.41, 5.74) is 2.78. The van der Waals surface area contributed by atoms with Crippen molar-refractivity contribution < 1.29 is 4.79 Å². The summed E-state index contributed by atoms with van der Waals surface area (Å²) in [6.07, 6.45) is 8.14. The van der Waals surface area contributed by atoms with E-state index in [9.17, 15) is 4.79 Å². The highest BCUT2D eigenvalue weighted by Gasteiger charge is 2.43. The number of hydrogen-bond acceptors (Lipinski definition) is 1. The van der Waals surface area contributed by atoms with Gasteiger partial charge in [0.05, 0.1) is 0 Å². The Balaban J connectivity index is 1.94. The summed E-state index contributed by atoms with van der Waals surface area (Å²) in [6, 6.07) is 30.1. The Labute approximate surface area is 166 Å². The Morgan fingerprint density at radius 2 is 1.14 bits per heavy atom. The van der Waals surface area contributed by atoms with E-state index in [0.29, 0.717) is 0 Å². The number of carbonyl (C=O) groups is 1. The Hall–Kier alpha value is -3.39. The topological polar surface area (TPSA) is 29.1 Å². The van der Waals surface area contributed by atoms with E-state index in [4.69, 9.17) is 0 Å². The molecule has 3 aromatic rings. The summed E-state index contributed by atoms with van der Waals surface area (Å²) < 4.78 is 0. The van der Waals surface area contributed by atoms with Crippen LogP contribution in [0.1, 0.15) is 29.5 Å². The Morgan fingerprint density at radius 1 is 0.679 bits per heavy atom. The summed E-state index contributed by atoms with van der Waals surface area (Å²) in [5, 5.41) is 3.19. The van der Waals surface area contributed by atoms with Crippen LogP contribution in [0.5, 0.6) is 0 Å². The fourth-order valence-electron chi connectivity index (χ4n) is 3.89. The SMILES string of the molecule is O=C(NC1=CCCC=C1)C(c1ccccc1)(c1ccccc1)c1ccccc1. The van der Waals surface area contributed by atoms with E-state index in [-0.39, 0.29) is 5.91 Å². The second-order valence-electron chi connectivity index (χ2n) is 6.94. The maximum Gasteiger partial charge on any atom is 0.244 e. The number of amides is 1. The van der Waals surface area contributed by atoms with Gasteiger partial charge in [-0.15, -0.1) is 0 Å². The van der Waals surface area contributed by atoms with Crippen molar-refractivity contribution in [3.05, 3.63) is 132 Å². The lowest BCUT2D eigenvalue weighted by atomic mass is 9.68. The molecule has 28 heavy (non-hydrogen) atoms. The molecule has 0 spiro atoms. The Bertz CT molecular complexity index is 892. The molecule has 0 saturated heterocycles. The van der Waals surface area contributed by atoms with E-state index in [2.05, 4.69) is 17.5 Å². The van der Waals surface area contributed by atoms with Gasteiger partial charge in [-0.1, -0.05) is 103 Å². The first-order chi connectivity index (χ1) is 13.8. The molecule has 1 aliphatic rings. The maximum absolute atomic E-state index is 13.9. The number of carbonyl (C=O) groups excluding carboxylic acids is 1. The lowest BCUT2D eigenvalue weighted by molar-refractivity contribution is -0.123. The molecule has 1 N–H and O–H groups in total. The summed E-state index contributed by atoms with van der Waals surface area (Å²) in [6.45, 7) is 0. The normalized spacial score (nSPS) is 13.6. The number of rotatable bonds is 5. The van der Waals surface area contributed by atoms with Gasteiger partial charge in [0.1, 0.15) is 5.41 Å². The second kappa shape index (κ2) is 8.10. The molecule has 0 saturated carbocycles. The molecule has 1 amide bonds. The summed E-state index contributed by atoms with van der Waals surface area (Å²) in [5.74, 6) is -0.0473. The van der Waals surface area contributed by atoms with Crippen molar-refractivity contribution in [2.75, 3.05) is 0 Å². The molecule has 3 aromatic carbocycles. The molecule has 2 nitrogen and oxygen atoms in total. The quantitative estimate of drug-likeness (QED) is 0.605. The Morgan fingerprint density at radius 3 is 1.54 bits per heavy atom. The molecular weight excluding hydrogens is 342 g/mol. The number of nitrogens with one attached hydrogen (secondary N) is 1. The number of allylic oxidation sites excluding steroid dienone is 3. The minimum atomic E-state index is -0.935. The van der Waals surface area contributed by atoms with Crippen molar-refractivity contribution in [3.63, 3.8) is 0 Å². The zero-order chi connectivity index (χ0) is 19.2. The van der Waals surface area contributed by atoms with Gasteiger partial charge in [-0.25, -0.2) is 0 Å². The average Bonchev–Trinajstić information content (AvgIpc) is 2.77. The van der Waals surface area contributed by atoms with Gasteiger partial charge in [-0.3, -0.25) is 4.79 Å². The molecule has 0 aliphatic heterocycles. The fourth-order valence-corrected chi connectivity index (χ4v) is 3.89. The third-order valence-electron chi connectivity index (χ3n) is 5.21. The molecule has 138 valence electrons. The molecule has 0 heterocycles. The smallest absolute Gasteiger partial charge is 0.244 e. The van der Waals surface area contributed by atoms with Crippen molar-refractivity contribution in [3.8, 4) is 0 Å². The molecular formula is C26H23NO. The van der Waals surface area contributed by atoms with Crippen LogP contribution in [0, 0.1) is 0 Å². The van der Waals surface area contributed by atoms with E-state index < -0.39 is 5.41 Å². The van der Waals surface area contributed by atoms with Gasteiger partial charge >= 0.3 is 0 Å². The highest BCUT2D eigenvalue weighted by Crippen LogP contribution is 2.39. The van der Waals surface area contributed by atoms with Gasteiger partial charge < -0.3 is 5.32 Å². The number of benzene rings is 3. The van der Waals surface area contributed by atoms with Crippen molar-refractivity contribution in [1.82, 2.24) is 5.32 Å². The van der Waals surface area contributed by atoms with Gasteiger partial charge in [0.2, 0.25) is 5.91 Å². The van der Waals surface area contributed by atoms with Crippen LogP contribution in [0.3, 0.4) is 0 Å². The third-order valence-corrected chi connectivity index (χ3v) is 5.21. The standard InChI is InChI=1S/C26H23NO/c28-25(27-24-19-11-4-12-20-24)26(21-13-5-1-6-14-21,22-15-7-2-8-16-22)23-17-9-3-10-18-23/h1-3,5-11,13-20H,4,12H2,(H,27,28). The summed E-state index contributed by atoms with van der Waals surface area (Å²) in [4.78, 5) is 13.9. The minimum absolute atomic E-state index is 0.0473. The average molecular weight is 365 g/mol. The fraction of sp³-hybridized carbons (Fsp3) is 0.115. The highest BCUT2D eigenvalue weighted by molar-refractivity contribution is 5.97. The van der Waals surface area contributed by atoms with Crippen LogP contribution in [-0.2, 0) is 10.2 Å². The predicted molar refractivity (Wildman–Crippen MR) is 114 cm³/mol. The number of hydrogen-bond donors (Lipinski definition) is 1. The van der Waals surface area contributed by atoms with E-state index in [0.717, 1.165) is 35.2 Å². The van der Waals surface area contributed by atoms with E-state index in [1.54, 1.807) is 0 Å². The molecule has 0 bridgehead atoms. The maximum atomic E-state index is 13.9. The Kier molecular flexibility index (Phi) is 5.20. The van der Waals surface area contributed by atoms with Crippen LogP contribution >= 0.6 is 0 Å². The van der Waals surface area contributed by atoms with Crippen molar-refractivity contribution >= 4 is 5.91 Å². The highest BCUT2D eigenvalue weighted by atomic mass is 16.2. The molecule has 4 rings (SSSR count). The van der Waals surface area contributed by atoms with E-state index in [1.165, 1.54) is 0 Å². The largest absolute Gasteiger partial charge is 0.325 e. The molecule has 1 aliphatic carbocycles. The van der Waals surface area contributed by atoms with Gasteiger partial charge in [-0.2, -0.15) is 0 Å². The van der Waals surface area contributed by atoms with Crippen molar-refractivity contribution in [2.45, 2.75) is 18.3 Å². The van der Waals surface area contributed by atoms with Gasteiger partial charge in [0, 0.05) is 5.70 Å². The summed E-state index contributed by atoms with van der Waals surface area (Å²) >= 11 is 0. The molecule has 0 fully saturated rings. The van der Waals surface area contributed by atoms with Crippen molar-refractivity contribution in [1.29, 1.82) is 0 Å². The van der Waals surface area contributed by atoms with Gasteiger partial charge in [0.25, 0.3) is 0 Å². The van der Waals surface area contributed by atoms with Crippen LogP contribution in [0.25, 0.3) is 0 Å². The van der Waals surface area contributed by atoms with Crippen LogP contribution in [0.15, 0.2) is 115 Å². The van der Waals surface area contributed by atoms with Gasteiger partial charge in [-0.05, 0) is 35.6 Å². The third kappa shape index (κ3) is 3.29. The lowest BCUT2D eigenvalue weighted by Crippen LogP contribution is -2.46. The van der Waals surface area contributed by atoms with E-state index >= 15 is 0 Å². The molecule has 2 heteroatoms. The second-order valence-corrected chi connectivity index (χ2v) is 6.94. The lowest BCUT2D eigenvalue weighted by Gasteiger charge is -2.34.